The third-order valence-electron chi connectivity index (χ3n) is 0.899. The monoisotopic (exact) mass is 136 g/mol. The molecule has 1 atom stereocenters. The SMILES string of the molecule is O=C1OCC(COF)O1. The summed E-state index contributed by atoms with van der Waals surface area (Å²) in [5, 5.41) is 0. The molecule has 4 nitrogen and oxygen atoms in total. The van der Waals surface area contributed by atoms with Crippen molar-refractivity contribution in [3.8, 4) is 0 Å². The van der Waals surface area contributed by atoms with Gasteiger partial charge in [0.2, 0.25) is 0 Å². The largest absolute Gasteiger partial charge is 0.508 e. The predicted molar refractivity (Wildman–Crippen MR) is 23.3 cm³/mol. The van der Waals surface area contributed by atoms with Gasteiger partial charge in [0.15, 0.2) is 6.10 Å². The third kappa shape index (κ3) is 1.53. The normalized spacial score (nSPS) is 25.4. The Hall–Kier alpha value is -0.840. The summed E-state index contributed by atoms with van der Waals surface area (Å²) in [6.45, 7) is -0.186. The molecule has 1 heterocycles. The Morgan fingerprint density at radius 2 is 2.67 bits per heavy atom. The van der Waals surface area contributed by atoms with Crippen molar-refractivity contribution in [3.63, 3.8) is 0 Å². The maximum absolute atomic E-state index is 11.0. The molecular weight excluding hydrogens is 131 g/mol. The lowest BCUT2D eigenvalue weighted by atomic mass is 10.4. The molecule has 0 radical (unpaired) electrons. The fourth-order valence-corrected chi connectivity index (χ4v) is 0.518. The minimum absolute atomic E-state index is 0.0722. The smallest absolute Gasteiger partial charge is 0.430 e. The molecule has 0 aliphatic carbocycles. The van der Waals surface area contributed by atoms with E-state index in [0.717, 1.165) is 0 Å². The van der Waals surface area contributed by atoms with Gasteiger partial charge in [-0.05, 0) is 4.53 Å². The Bertz CT molecular complexity index is 115. The second kappa shape index (κ2) is 2.63. The lowest BCUT2D eigenvalue weighted by Gasteiger charge is -1.98. The van der Waals surface area contributed by atoms with Crippen molar-refractivity contribution in [2.75, 3.05) is 13.2 Å². The summed E-state index contributed by atoms with van der Waals surface area (Å²) in [6.07, 6.45) is -1.35. The summed E-state index contributed by atoms with van der Waals surface area (Å²) in [6, 6.07) is 0. The summed E-state index contributed by atoms with van der Waals surface area (Å²) < 4.78 is 19.7. The van der Waals surface area contributed by atoms with Crippen LogP contribution in [0.5, 0.6) is 0 Å². The number of cyclic esters (lactones) is 2. The average Bonchev–Trinajstić information content (AvgIpc) is 2.17. The Kier molecular flexibility index (Phi) is 1.84. The standard InChI is InChI=1S/C4H5FO4/c5-8-2-3-1-7-4(6)9-3/h3H,1-2H2. The molecule has 5 heteroatoms. The van der Waals surface area contributed by atoms with Crippen molar-refractivity contribution < 1.29 is 23.7 Å². The first-order valence-electron chi connectivity index (χ1n) is 2.40. The number of halogens is 1. The van der Waals surface area contributed by atoms with Crippen LogP contribution in [0.3, 0.4) is 0 Å². The molecule has 0 saturated carbocycles. The number of hydrogen-bond acceptors (Lipinski definition) is 4. The van der Waals surface area contributed by atoms with Crippen molar-refractivity contribution in [2.24, 2.45) is 0 Å². The second-order valence-electron chi connectivity index (χ2n) is 1.58. The molecule has 1 unspecified atom stereocenters. The highest BCUT2D eigenvalue weighted by atomic mass is 19.3. The molecule has 9 heavy (non-hydrogen) atoms. The molecule has 1 fully saturated rings. The van der Waals surface area contributed by atoms with Crippen LogP contribution in [0.4, 0.5) is 9.32 Å². The topological polar surface area (TPSA) is 44.8 Å². The molecular formula is C4H5FO4. The number of rotatable bonds is 2. The predicted octanol–water partition coefficient (Wildman–Crippen LogP) is 0.423. The van der Waals surface area contributed by atoms with Gasteiger partial charge in [0.05, 0.1) is 0 Å². The molecule has 0 bridgehead atoms. The maximum atomic E-state index is 11.0. The molecule has 0 N–H and O–H groups in total. The van der Waals surface area contributed by atoms with E-state index in [1.54, 1.807) is 0 Å². The zero-order valence-corrected chi connectivity index (χ0v) is 4.50. The van der Waals surface area contributed by atoms with E-state index in [1.165, 1.54) is 0 Å². The quantitative estimate of drug-likeness (QED) is 0.516. The van der Waals surface area contributed by atoms with Crippen molar-refractivity contribution in [1.82, 2.24) is 0 Å². The van der Waals surface area contributed by atoms with Crippen molar-refractivity contribution in [1.29, 1.82) is 0 Å². The van der Waals surface area contributed by atoms with Crippen LogP contribution in [0, 0.1) is 0 Å². The van der Waals surface area contributed by atoms with Crippen LogP contribution in [0.15, 0.2) is 0 Å². The lowest BCUT2D eigenvalue weighted by Crippen LogP contribution is -2.15. The number of carbonyl (C=O) groups excluding carboxylic acids is 1. The van der Waals surface area contributed by atoms with Gasteiger partial charge >= 0.3 is 6.16 Å². The minimum atomic E-state index is -0.767. The van der Waals surface area contributed by atoms with E-state index >= 15 is 0 Å². The van der Waals surface area contributed by atoms with Gasteiger partial charge in [-0.3, -0.25) is 0 Å². The highest BCUT2D eigenvalue weighted by Crippen LogP contribution is 2.05. The Balaban J connectivity index is 2.22. The average molecular weight is 136 g/mol. The van der Waals surface area contributed by atoms with Crippen molar-refractivity contribution in [2.45, 2.75) is 6.10 Å². The van der Waals surface area contributed by atoms with E-state index in [2.05, 4.69) is 14.4 Å². The van der Waals surface area contributed by atoms with Gasteiger partial charge in [-0.2, -0.15) is 4.94 Å². The summed E-state index contributed by atoms with van der Waals surface area (Å²) in [5.41, 5.74) is 0. The Morgan fingerprint density at radius 1 is 1.89 bits per heavy atom. The Labute approximate surface area is 50.4 Å². The molecule has 0 aromatic heterocycles. The summed E-state index contributed by atoms with van der Waals surface area (Å²) >= 11 is 0. The lowest BCUT2D eigenvalue weighted by molar-refractivity contribution is -0.152. The molecule has 0 spiro atoms. The first kappa shape index (κ1) is 6.28. The van der Waals surface area contributed by atoms with Gasteiger partial charge in [-0.25, -0.2) is 4.79 Å². The van der Waals surface area contributed by atoms with E-state index in [0.29, 0.717) is 0 Å². The number of hydrogen-bond donors (Lipinski definition) is 0. The molecule has 1 saturated heterocycles. The minimum Gasteiger partial charge on any atom is -0.430 e. The zero-order chi connectivity index (χ0) is 6.69. The van der Waals surface area contributed by atoms with E-state index in [9.17, 15) is 9.32 Å². The van der Waals surface area contributed by atoms with Crippen LogP contribution >= 0.6 is 0 Å². The van der Waals surface area contributed by atoms with E-state index in [-0.39, 0.29) is 13.2 Å². The molecule has 1 rings (SSSR count). The highest BCUT2D eigenvalue weighted by molar-refractivity contribution is 5.61. The molecule has 0 aromatic carbocycles. The first-order valence-corrected chi connectivity index (χ1v) is 2.40. The van der Waals surface area contributed by atoms with E-state index in [4.69, 9.17) is 0 Å². The van der Waals surface area contributed by atoms with Crippen LogP contribution in [-0.4, -0.2) is 25.5 Å². The molecule has 1 aliphatic heterocycles. The van der Waals surface area contributed by atoms with Gasteiger partial charge in [0, 0.05) is 0 Å². The summed E-state index contributed by atoms with van der Waals surface area (Å²) in [5.74, 6) is 0. The fraction of sp³-hybridized carbons (Fsp3) is 0.750. The van der Waals surface area contributed by atoms with Crippen LogP contribution in [0.25, 0.3) is 0 Å². The number of carbonyl (C=O) groups is 1. The summed E-state index contributed by atoms with van der Waals surface area (Å²) in [7, 11) is 0. The maximum Gasteiger partial charge on any atom is 0.508 e. The molecule has 0 amide bonds. The van der Waals surface area contributed by atoms with Crippen LogP contribution in [0.2, 0.25) is 0 Å². The van der Waals surface area contributed by atoms with Crippen molar-refractivity contribution in [3.05, 3.63) is 0 Å². The van der Waals surface area contributed by atoms with Gasteiger partial charge < -0.3 is 9.47 Å². The van der Waals surface area contributed by atoms with Gasteiger partial charge in [0.1, 0.15) is 13.2 Å². The zero-order valence-electron chi connectivity index (χ0n) is 4.50. The van der Waals surface area contributed by atoms with Crippen LogP contribution < -0.4 is 0 Å². The third-order valence-corrected chi connectivity index (χ3v) is 0.899. The summed E-state index contributed by atoms with van der Waals surface area (Å²) in [4.78, 5) is 13.3. The highest BCUT2D eigenvalue weighted by Gasteiger charge is 2.24. The van der Waals surface area contributed by atoms with Gasteiger partial charge in [0.25, 0.3) is 0 Å². The van der Waals surface area contributed by atoms with E-state index < -0.39 is 12.3 Å². The first-order chi connectivity index (χ1) is 4.33. The fourth-order valence-electron chi connectivity index (χ4n) is 0.518. The van der Waals surface area contributed by atoms with Gasteiger partial charge in [-0.15, -0.1) is 0 Å². The Morgan fingerprint density at radius 3 is 3.11 bits per heavy atom. The molecule has 1 aliphatic rings. The molecule has 0 aromatic rings. The van der Waals surface area contributed by atoms with E-state index in [1.807, 2.05) is 0 Å². The second-order valence-corrected chi connectivity index (χ2v) is 1.58. The number of ether oxygens (including phenoxy) is 2. The van der Waals surface area contributed by atoms with Crippen LogP contribution in [-0.2, 0) is 14.4 Å². The van der Waals surface area contributed by atoms with Crippen molar-refractivity contribution >= 4 is 6.16 Å². The van der Waals surface area contributed by atoms with Crippen LogP contribution in [0.1, 0.15) is 0 Å². The van der Waals surface area contributed by atoms with Gasteiger partial charge in [-0.1, -0.05) is 0 Å². The molecule has 52 valence electrons.